The Kier molecular flexibility index (Phi) is 7.28. The number of nitrogens with one attached hydrogen (secondary N) is 1. The lowest BCUT2D eigenvalue weighted by Crippen LogP contribution is -2.23. The Bertz CT molecular complexity index is 173. The molecule has 0 aromatic carbocycles. The van der Waals surface area contributed by atoms with Crippen LogP contribution >= 0.6 is 0 Å². The first-order valence-electron chi connectivity index (χ1n) is 4.08. The molecular formula is C9H16N2O. The van der Waals surface area contributed by atoms with Crippen molar-refractivity contribution < 1.29 is 4.79 Å². The second-order valence-corrected chi connectivity index (χ2v) is 2.32. The lowest BCUT2D eigenvalue weighted by Gasteiger charge is -1.97. The molecule has 3 nitrogen and oxygen atoms in total. The SMILES string of the molecule is CC=CC=CC(=O)NCCCN. The molecule has 0 heterocycles. The third-order valence-corrected chi connectivity index (χ3v) is 1.23. The summed E-state index contributed by atoms with van der Waals surface area (Å²) in [4.78, 5) is 10.9. The first-order chi connectivity index (χ1) is 5.81. The van der Waals surface area contributed by atoms with Gasteiger partial charge in [0.2, 0.25) is 5.91 Å². The summed E-state index contributed by atoms with van der Waals surface area (Å²) in [5, 5.41) is 2.70. The van der Waals surface area contributed by atoms with E-state index < -0.39 is 0 Å². The minimum Gasteiger partial charge on any atom is -0.353 e. The van der Waals surface area contributed by atoms with Crippen molar-refractivity contribution in [3.05, 3.63) is 24.3 Å². The van der Waals surface area contributed by atoms with Gasteiger partial charge in [0.05, 0.1) is 0 Å². The van der Waals surface area contributed by atoms with Crippen LogP contribution in [0.4, 0.5) is 0 Å². The number of nitrogens with two attached hydrogens (primary N) is 1. The van der Waals surface area contributed by atoms with Crippen molar-refractivity contribution in [3.63, 3.8) is 0 Å². The van der Waals surface area contributed by atoms with Gasteiger partial charge in [-0.3, -0.25) is 4.79 Å². The van der Waals surface area contributed by atoms with Crippen molar-refractivity contribution in [2.75, 3.05) is 13.1 Å². The molecular weight excluding hydrogens is 152 g/mol. The van der Waals surface area contributed by atoms with E-state index in [1.165, 1.54) is 6.08 Å². The maximum atomic E-state index is 10.9. The monoisotopic (exact) mass is 168 g/mol. The highest BCUT2D eigenvalue weighted by atomic mass is 16.1. The summed E-state index contributed by atoms with van der Waals surface area (Å²) in [6, 6.07) is 0. The van der Waals surface area contributed by atoms with E-state index in [0.717, 1.165) is 6.42 Å². The summed E-state index contributed by atoms with van der Waals surface area (Å²) in [5.74, 6) is -0.0680. The van der Waals surface area contributed by atoms with E-state index >= 15 is 0 Å². The van der Waals surface area contributed by atoms with Gasteiger partial charge in [0.25, 0.3) is 0 Å². The molecule has 0 saturated carbocycles. The summed E-state index contributed by atoms with van der Waals surface area (Å²) >= 11 is 0. The van der Waals surface area contributed by atoms with Crippen molar-refractivity contribution in [1.82, 2.24) is 5.32 Å². The van der Waals surface area contributed by atoms with Gasteiger partial charge in [-0.05, 0) is 19.9 Å². The van der Waals surface area contributed by atoms with Crippen LogP contribution in [0, 0.1) is 0 Å². The van der Waals surface area contributed by atoms with Crippen molar-refractivity contribution in [2.24, 2.45) is 5.73 Å². The van der Waals surface area contributed by atoms with Gasteiger partial charge in [-0.2, -0.15) is 0 Å². The van der Waals surface area contributed by atoms with Gasteiger partial charge in [-0.1, -0.05) is 18.2 Å². The van der Waals surface area contributed by atoms with Crippen LogP contribution in [0.3, 0.4) is 0 Å². The van der Waals surface area contributed by atoms with Gasteiger partial charge in [0.15, 0.2) is 0 Å². The Hall–Kier alpha value is -1.09. The molecule has 0 aromatic heterocycles. The smallest absolute Gasteiger partial charge is 0.243 e. The number of hydrogen-bond donors (Lipinski definition) is 2. The highest BCUT2D eigenvalue weighted by Crippen LogP contribution is 1.78. The minimum atomic E-state index is -0.0680. The zero-order chi connectivity index (χ0) is 9.23. The van der Waals surface area contributed by atoms with E-state index in [4.69, 9.17) is 5.73 Å². The standard InChI is InChI=1S/C9H16N2O/c1-2-3-4-6-9(12)11-8-5-7-10/h2-4,6H,5,7-8,10H2,1H3,(H,11,12). The molecule has 0 aromatic rings. The number of hydrogen-bond acceptors (Lipinski definition) is 2. The molecule has 0 radical (unpaired) electrons. The Labute approximate surface area is 73.3 Å². The second kappa shape index (κ2) is 8.01. The van der Waals surface area contributed by atoms with Crippen LogP contribution in [0.2, 0.25) is 0 Å². The molecule has 12 heavy (non-hydrogen) atoms. The van der Waals surface area contributed by atoms with Gasteiger partial charge in [0, 0.05) is 12.6 Å². The van der Waals surface area contributed by atoms with Crippen LogP contribution in [-0.4, -0.2) is 19.0 Å². The van der Waals surface area contributed by atoms with Gasteiger partial charge in [0.1, 0.15) is 0 Å². The summed E-state index contributed by atoms with van der Waals surface area (Å²) in [5.41, 5.74) is 5.26. The molecule has 0 aliphatic rings. The Balaban J connectivity index is 3.45. The normalized spacial score (nSPS) is 11.2. The zero-order valence-electron chi connectivity index (χ0n) is 7.42. The molecule has 0 aliphatic carbocycles. The zero-order valence-corrected chi connectivity index (χ0v) is 7.42. The van der Waals surface area contributed by atoms with Gasteiger partial charge in [-0.25, -0.2) is 0 Å². The third-order valence-electron chi connectivity index (χ3n) is 1.23. The minimum absolute atomic E-state index is 0.0680. The summed E-state index contributed by atoms with van der Waals surface area (Å²) < 4.78 is 0. The lowest BCUT2D eigenvalue weighted by atomic mass is 10.4. The van der Waals surface area contributed by atoms with Crippen LogP contribution in [-0.2, 0) is 4.79 Å². The van der Waals surface area contributed by atoms with E-state index in [1.807, 2.05) is 19.1 Å². The third kappa shape index (κ3) is 7.02. The Morgan fingerprint density at radius 2 is 2.25 bits per heavy atom. The average molecular weight is 168 g/mol. The second-order valence-electron chi connectivity index (χ2n) is 2.32. The van der Waals surface area contributed by atoms with Crippen LogP contribution in [0.15, 0.2) is 24.3 Å². The summed E-state index contributed by atoms with van der Waals surface area (Å²) in [6.45, 7) is 3.16. The number of carbonyl (C=O) groups is 1. The lowest BCUT2D eigenvalue weighted by molar-refractivity contribution is -0.116. The molecule has 0 atom stereocenters. The topological polar surface area (TPSA) is 55.1 Å². The number of carbonyl (C=O) groups excluding carboxylic acids is 1. The predicted molar refractivity (Wildman–Crippen MR) is 50.6 cm³/mol. The fourth-order valence-corrected chi connectivity index (χ4v) is 0.627. The molecule has 0 aliphatic heterocycles. The molecule has 0 spiro atoms. The first-order valence-corrected chi connectivity index (χ1v) is 4.08. The Morgan fingerprint density at radius 3 is 2.83 bits per heavy atom. The average Bonchev–Trinajstić information content (AvgIpc) is 2.06. The number of allylic oxidation sites excluding steroid dienone is 3. The molecule has 1 amide bonds. The molecule has 0 bridgehead atoms. The van der Waals surface area contributed by atoms with Crippen molar-refractivity contribution in [3.8, 4) is 0 Å². The fourth-order valence-electron chi connectivity index (χ4n) is 0.627. The van der Waals surface area contributed by atoms with Crippen molar-refractivity contribution in [2.45, 2.75) is 13.3 Å². The van der Waals surface area contributed by atoms with Crippen LogP contribution < -0.4 is 11.1 Å². The maximum absolute atomic E-state index is 10.9. The van der Waals surface area contributed by atoms with E-state index in [2.05, 4.69) is 5.32 Å². The Morgan fingerprint density at radius 1 is 1.50 bits per heavy atom. The summed E-state index contributed by atoms with van der Waals surface area (Å²) in [6.07, 6.45) is 7.70. The predicted octanol–water partition coefficient (Wildman–Crippen LogP) is 0.584. The van der Waals surface area contributed by atoms with Crippen molar-refractivity contribution in [1.29, 1.82) is 0 Å². The molecule has 0 fully saturated rings. The van der Waals surface area contributed by atoms with Crippen LogP contribution in [0.25, 0.3) is 0 Å². The van der Waals surface area contributed by atoms with Gasteiger partial charge in [-0.15, -0.1) is 0 Å². The highest BCUT2D eigenvalue weighted by Gasteiger charge is 1.90. The highest BCUT2D eigenvalue weighted by molar-refractivity contribution is 5.87. The van der Waals surface area contributed by atoms with Crippen LogP contribution in [0.1, 0.15) is 13.3 Å². The summed E-state index contributed by atoms with van der Waals surface area (Å²) in [7, 11) is 0. The molecule has 68 valence electrons. The number of rotatable bonds is 5. The first kappa shape index (κ1) is 10.9. The maximum Gasteiger partial charge on any atom is 0.243 e. The van der Waals surface area contributed by atoms with E-state index in [0.29, 0.717) is 13.1 Å². The van der Waals surface area contributed by atoms with Crippen molar-refractivity contribution >= 4 is 5.91 Å². The van der Waals surface area contributed by atoms with Gasteiger partial charge >= 0.3 is 0 Å². The number of amides is 1. The van der Waals surface area contributed by atoms with E-state index in [9.17, 15) is 4.79 Å². The largest absolute Gasteiger partial charge is 0.353 e. The van der Waals surface area contributed by atoms with Gasteiger partial charge < -0.3 is 11.1 Å². The molecule has 3 heteroatoms. The molecule has 0 unspecified atom stereocenters. The fraction of sp³-hybridized carbons (Fsp3) is 0.444. The van der Waals surface area contributed by atoms with E-state index in [1.54, 1.807) is 6.08 Å². The quantitative estimate of drug-likeness (QED) is 0.358. The molecule has 0 saturated heterocycles. The van der Waals surface area contributed by atoms with E-state index in [-0.39, 0.29) is 5.91 Å². The molecule has 0 rings (SSSR count). The molecule has 3 N–H and O–H groups in total. The van der Waals surface area contributed by atoms with Crippen LogP contribution in [0.5, 0.6) is 0 Å².